The van der Waals surface area contributed by atoms with E-state index < -0.39 is 0 Å². The summed E-state index contributed by atoms with van der Waals surface area (Å²) in [5.41, 5.74) is 2.10. The predicted octanol–water partition coefficient (Wildman–Crippen LogP) is 2.40. The molecule has 0 atom stereocenters. The molecule has 0 aliphatic carbocycles. The second-order valence-corrected chi connectivity index (χ2v) is 6.26. The van der Waals surface area contributed by atoms with E-state index in [9.17, 15) is 0 Å². The molecule has 2 aromatic heterocycles. The van der Waals surface area contributed by atoms with Gasteiger partial charge in [-0.25, -0.2) is 9.97 Å². The first-order valence-electron chi connectivity index (χ1n) is 7.65. The fraction of sp³-hybridized carbons (Fsp3) is 0.312. The van der Waals surface area contributed by atoms with E-state index in [1.165, 1.54) is 5.69 Å². The van der Waals surface area contributed by atoms with E-state index in [0.717, 1.165) is 48.1 Å². The molecule has 1 saturated heterocycles. The lowest BCUT2D eigenvalue weighted by Gasteiger charge is -2.36. The zero-order valence-corrected chi connectivity index (χ0v) is 13.8. The number of para-hydroxylation sites is 1. The lowest BCUT2D eigenvalue weighted by Crippen LogP contribution is -2.46. The molecule has 3 heterocycles. The molecule has 0 unspecified atom stereocenters. The first-order valence-corrected chi connectivity index (χ1v) is 8.87. The SMILES string of the molecule is CSc1n[nH]c2ncnc(N3CCN(c4ccccc4)CC3)c12. The monoisotopic (exact) mass is 326 g/mol. The van der Waals surface area contributed by atoms with Crippen LogP contribution in [0, 0.1) is 0 Å². The van der Waals surface area contributed by atoms with E-state index in [4.69, 9.17) is 0 Å². The third-order valence-corrected chi connectivity index (χ3v) is 4.88. The minimum absolute atomic E-state index is 0.810. The third kappa shape index (κ3) is 2.61. The normalized spacial score (nSPS) is 15.3. The number of aromatic nitrogens is 4. The van der Waals surface area contributed by atoms with Gasteiger partial charge in [-0.2, -0.15) is 5.10 Å². The molecular formula is C16H18N6S. The average molecular weight is 326 g/mol. The van der Waals surface area contributed by atoms with Crippen molar-refractivity contribution in [1.29, 1.82) is 0 Å². The summed E-state index contributed by atoms with van der Waals surface area (Å²) in [6.07, 6.45) is 3.64. The topological polar surface area (TPSA) is 60.9 Å². The van der Waals surface area contributed by atoms with Crippen LogP contribution in [0.4, 0.5) is 11.5 Å². The Balaban J connectivity index is 1.58. The molecular weight excluding hydrogens is 308 g/mol. The number of nitrogens with zero attached hydrogens (tertiary/aromatic N) is 5. The quantitative estimate of drug-likeness (QED) is 0.746. The van der Waals surface area contributed by atoms with Crippen molar-refractivity contribution in [2.45, 2.75) is 5.03 Å². The van der Waals surface area contributed by atoms with E-state index in [0.29, 0.717) is 0 Å². The van der Waals surface area contributed by atoms with Gasteiger partial charge < -0.3 is 9.80 Å². The predicted molar refractivity (Wildman–Crippen MR) is 94.3 cm³/mol. The number of anilines is 2. The summed E-state index contributed by atoms with van der Waals surface area (Å²) < 4.78 is 0. The van der Waals surface area contributed by atoms with Gasteiger partial charge >= 0.3 is 0 Å². The maximum atomic E-state index is 4.53. The Morgan fingerprint density at radius 1 is 1.00 bits per heavy atom. The summed E-state index contributed by atoms with van der Waals surface area (Å²) in [4.78, 5) is 13.6. The van der Waals surface area contributed by atoms with Crippen molar-refractivity contribution in [3.8, 4) is 0 Å². The van der Waals surface area contributed by atoms with Crippen LogP contribution in [0.1, 0.15) is 0 Å². The Bertz CT molecular complexity index is 795. The minimum atomic E-state index is 0.810. The van der Waals surface area contributed by atoms with Crippen LogP contribution in [0.25, 0.3) is 11.0 Å². The van der Waals surface area contributed by atoms with Gasteiger partial charge in [0.1, 0.15) is 17.2 Å². The molecule has 118 valence electrons. The lowest BCUT2D eigenvalue weighted by atomic mass is 10.2. The van der Waals surface area contributed by atoms with Crippen molar-refractivity contribution in [3.05, 3.63) is 36.7 Å². The summed E-state index contributed by atoms with van der Waals surface area (Å²) in [5, 5.41) is 9.32. The zero-order chi connectivity index (χ0) is 15.6. The molecule has 1 aliphatic heterocycles. The molecule has 1 N–H and O–H groups in total. The van der Waals surface area contributed by atoms with Gasteiger partial charge in [-0.3, -0.25) is 5.10 Å². The van der Waals surface area contributed by atoms with Crippen LogP contribution in [0.15, 0.2) is 41.7 Å². The smallest absolute Gasteiger partial charge is 0.161 e. The van der Waals surface area contributed by atoms with Gasteiger partial charge in [-0.15, -0.1) is 11.8 Å². The number of benzene rings is 1. The fourth-order valence-electron chi connectivity index (χ4n) is 3.02. The Hall–Kier alpha value is -2.28. The maximum Gasteiger partial charge on any atom is 0.161 e. The second kappa shape index (κ2) is 6.08. The van der Waals surface area contributed by atoms with Gasteiger partial charge in [0.05, 0.1) is 5.39 Å². The van der Waals surface area contributed by atoms with E-state index in [-0.39, 0.29) is 0 Å². The fourth-order valence-corrected chi connectivity index (χ4v) is 3.55. The second-order valence-electron chi connectivity index (χ2n) is 5.46. The minimum Gasteiger partial charge on any atom is -0.368 e. The summed E-state index contributed by atoms with van der Waals surface area (Å²) >= 11 is 1.62. The number of thioether (sulfide) groups is 1. The molecule has 0 bridgehead atoms. The van der Waals surface area contributed by atoms with Crippen molar-refractivity contribution in [2.24, 2.45) is 0 Å². The van der Waals surface area contributed by atoms with Crippen LogP contribution in [-0.4, -0.2) is 52.6 Å². The Morgan fingerprint density at radius 2 is 1.74 bits per heavy atom. The number of hydrogen-bond donors (Lipinski definition) is 1. The van der Waals surface area contributed by atoms with Gasteiger partial charge in [0.25, 0.3) is 0 Å². The highest BCUT2D eigenvalue weighted by Crippen LogP contribution is 2.30. The third-order valence-electron chi connectivity index (χ3n) is 4.20. The van der Waals surface area contributed by atoms with E-state index >= 15 is 0 Å². The molecule has 1 fully saturated rings. The molecule has 6 nitrogen and oxygen atoms in total. The van der Waals surface area contributed by atoms with Crippen LogP contribution in [0.5, 0.6) is 0 Å². The number of aromatic amines is 1. The van der Waals surface area contributed by atoms with Crippen LogP contribution in [0.2, 0.25) is 0 Å². The van der Waals surface area contributed by atoms with Crippen molar-refractivity contribution in [1.82, 2.24) is 20.2 Å². The van der Waals surface area contributed by atoms with Gasteiger partial charge in [0.2, 0.25) is 0 Å². The number of rotatable bonds is 3. The number of piperazine rings is 1. The van der Waals surface area contributed by atoms with Gasteiger partial charge in [-0.05, 0) is 18.4 Å². The summed E-state index contributed by atoms with van der Waals surface area (Å²) in [6, 6.07) is 10.6. The molecule has 7 heteroatoms. The van der Waals surface area contributed by atoms with Crippen molar-refractivity contribution < 1.29 is 0 Å². The number of fused-ring (bicyclic) bond motifs is 1. The Kier molecular flexibility index (Phi) is 3.78. The summed E-state index contributed by atoms with van der Waals surface area (Å²) in [6.45, 7) is 3.87. The van der Waals surface area contributed by atoms with E-state index in [1.54, 1.807) is 18.1 Å². The van der Waals surface area contributed by atoms with Crippen molar-refractivity contribution in [3.63, 3.8) is 0 Å². The van der Waals surface area contributed by atoms with Crippen LogP contribution >= 0.6 is 11.8 Å². The first-order chi connectivity index (χ1) is 11.4. The summed E-state index contributed by atoms with van der Waals surface area (Å²) in [5.74, 6) is 0.987. The van der Waals surface area contributed by atoms with Gasteiger partial charge in [-0.1, -0.05) is 18.2 Å². The molecule has 0 spiro atoms. The average Bonchev–Trinajstić information content (AvgIpc) is 3.06. The van der Waals surface area contributed by atoms with Crippen LogP contribution < -0.4 is 9.80 Å². The van der Waals surface area contributed by atoms with Gasteiger partial charge in [0.15, 0.2) is 5.65 Å². The van der Waals surface area contributed by atoms with Gasteiger partial charge in [0, 0.05) is 31.9 Å². The number of hydrogen-bond acceptors (Lipinski definition) is 6. The highest BCUT2D eigenvalue weighted by Gasteiger charge is 2.22. The molecule has 0 amide bonds. The number of H-pyrrole nitrogens is 1. The molecule has 0 saturated carbocycles. The Labute approximate surface area is 138 Å². The molecule has 23 heavy (non-hydrogen) atoms. The standard InChI is InChI=1S/C16H18N6S/c1-23-16-13-14(19-20-16)17-11-18-15(13)22-9-7-21(8-10-22)12-5-3-2-4-6-12/h2-6,11H,7-10H2,1H3,(H,17,18,19,20). The number of nitrogens with one attached hydrogen (secondary N) is 1. The first kappa shape index (κ1) is 14.3. The molecule has 0 radical (unpaired) electrons. The molecule has 4 rings (SSSR count). The van der Waals surface area contributed by atoms with Crippen molar-refractivity contribution in [2.75, 3.05) is 42.2 Å². The van der Waals surface area contributed by atoms with E-state index in [1.807, 2.05) is 6.26 Å². The van der Waals surface area contributed by atoms with Crippen LogP contribution in [0.3, 0.4) is 0 Å². The zero-order valence-electron chi connectivity index (χ0n) is 12.9. The maximum absolute atomic E-state index is 4.53. The van der Waals surface area contributed by atoms with E-state index in [2.05, 4.69) is 60.3 Å². The van der Waals surface area contributed by atoms with Crippen LogP contribution in [-0.2, 0) is 0 Å². The molecule has 1 aromatic carbocycles. The van der Waals surface area contributed by atoms with Crippen molar-refractivity contribution >= 4 is 34.3 Å². The highest BCUT2D eigenvalue weighted by atomic mass is 32.2. The summed E-state index contributed by atoms with van der Waals surface area (Å²) in [7, 11) is 0. The Morgan fingerprint density at radius 3 is 2.48 bits per heavy atom. The molecule has 3 aromatic rings. The largest absolute Gasteiger partial charge is 0.368 e. The molecule has 1 aliphatic rings. The lowest BCUT2D eigenvalue weighted by molar-refractivity contribution is 0.648. The highest BCUT2D eigenvalue weighted by molar-refractivity contribution is 7.98.